The second-order valence-electron chi connectivity index (χ2n) is 1.63. The molecule has 0 aliphatic rings. The molecule has 0 aromatic heterocycles. The summed E-state index contributed by atoms with van der Waals surface area (Å²) in [7, 11) is 0. The molecule has 5 nitrogen and oxygen atoms in total. The maximum atomic E-state index is 10.2. The highest BCUT2D eigenvalue weighted by molar-refractivity contribution is 7.80. The Kier molecular flexibility index (Phi) is 3.63. The molecule has 0 aliphatic carbocycles. The van der Waals surface area contributed by atoms with Gasteiger partial charge in [0.05, 0.1) is 0 Å². The molecule has 6 heteroatoms. The van der Waals surface area contributed by atoms with Gasteiger partial charge in [0, 0.05) is 5.75 Å². The summed E-state index contributed by atoms with van der Waals surface area (Å²) in [6.45, 7) is 0. The fraction of sp³-hybridized carbons (Fsp3) is 0.500. The molecule has 0 aromatic rings. The van der Waals surface area contributed by atoms with Crippen molar-refractivity contribution in [1.82, 2.24) is 5.32 Å². The predicted octanol–water partition coefficient (Wildman–Crippen LogP) is -1.15. The molecule has 58 valence electrons. The number of carboxylic acid groups (broad SMARTS) is 1. The molecule has 10 heavy (non-hydrogen) atoms. The van der Waals surface area contributed by atoms with Crippen LogP contribution in [0.25, 0.3) is 0 Å². The molecule has 0 aliphatic heterocycles. The summed E-state index contributed by atoms with van der Waals surface area (Å²) < 4.78 is 0. The summed E-state index contributed by atoms with van der Waals surface area (Å²) >= 11 is 3.73. The van der Waals surface area contributed by atoms with Gasteiger partial charge in [-0.1, -0.05) is 0 Å². The Morgan fingerprint density at radius 3 is 2.50 bits per heavy atom. The van der Waals surface area contributed by atoms with Gasteiger partial charge in [0.1, 0.15) is 6.04 Å². The summed E-state index contributed by atoms with van der Waals surface area (Å²) in [5, 5.41) is 17.3. The zero-order valence-corrected chi connectivity index (χ0v) is 6.06. The number of guanidine groups is 1. The van der Waals surface area contributed by atoms with Crippen LogP contribution in [0.3, 0.4) is 0 Å². The number of rotatable bonds is 3. The Morgan fingerprint density at radius 1 is 1.90 bits per heavy atom. The molecule has 0 saturated carbocycles. The van der Waals surface area contributed by atoms with Crippen molar-refractivity contribution < 1.29 is 9.90 Å². The first-order chi connectivity index (χ1) is 4.57. The van der Waals surface area contributed by atoms with Crippen molar-refractivity contribution >= 4 is 24.6 Å². The molecule has 0 rings (SSSR count). The zero-order valence-electron chi connectivity index (χ0n) is 5.16. The van der Waals surface area contributed by atoms with E-state index >= 15 is 0 Å². The molecule has 0 radical (unpaired) electrons. The Hall–Kier alpha value is -0.910. The normalized spacial score (nSPS) is 12.1. The quantitative estimate of drug-likeness (QED) is 0.206. The van der Waals surface area contributed by atoms with Crippen LogP contribution in [0.1, 0.15) is 0 Å². The third-order valence-electron chi connectivity index (χ3n) is 0.810. The van der Waals surface area contributed by atoms with Gasteiger partial charge in [-0.05, 0) is 0 Å². The van der Waals surface area contributed by atoms with Gasteiger partial charge >= 0.3 is 5.97 Å². The molecular formula is C4H9N3O2S. The van der Waals surface area contributed by atoms with E-state index in [-0.39, 0.29) is 11.7 Å². The number of thiol groups is 1. The first-order valence-corrected chi connectivity index (χ1v) is 3.15. The molecule has 0 spiro atoms. The van der Waals surface area contributed by atoms with Crippen LogP contribution in [0, 0.1) is 5.41 Å². The lowest BCUT2D eigenvalue weighted by Gasteiger charge is -2.09. The smallest absolute Gasteiger partial charge is 0.327 e. The lowest BCUT2D eigenvalue weighted by molar-refractivity contribution is -0.138. The van der Waals surface area contributed by atoms with E-state index in [0.29, 0.717) is 0 Å². The van der Waals surface area contributed by atoms with E-state index < -0.39 is 12.0 Å². The first kappa shape index (κ1) is 9.09. The van der Waals surface area contributed by atoms with Gasteiger partial charge in [-0.3, -0.25) is 5.41 Å². The van der Waals surface area contributed by atoms with Crippen LogP contribution in [0.4, 0.5) is 0 Å². The van der Waals surface area contributed by atoms with Crippen LogP contribution in [-0.2, 0) is 4.79 Å². The van der Waals surface area contributed by atoms with Crippen LogP contribution in [0.2, 0.25) is 0 Å². The van der Waals surface area contributed by atoms with Crippen LogP contribution in [0.15, 0.2) is 0 Å². The molecule has 0 bridgehead atoms. The third-order valence-corrected chi connectivity index (χ3v) is 1.18. The largest absolute Gasteiger partial charge is 0.480 e. The summed E-state index contributed by atoms with van der Waals surface area (Å²) in [4.78, 5) is 10.2. The fourth-order valence-corrected chi connectivity index (χ4v) is 0.621. The number of hydrogen-bond donors (Lipinski definition) is 5. The molecule has 0 aromatic carbocycles. The Morgan fingerprint density at radius 2 is 2.40 bits per heavy atom. The standard InChI is InChI=1S/C4H9N3O2S/c5-4(6)7-2(1-10)3(8)9/h2,10H,1H2,(H,8,9)(H4,5,6,7)/t2-/m0/s1. The van der Waals surface area contributed by atoms with Gasteiger partial charge < -0.3 is 16.2 Å². The molecule has 0 saturated heterocycles. The maximum absolute atomic E-state index is 10.2. The number of nitrogens with one attached hydrogen (secondary N) is 2. The van der Waals surface area contributed by atoms with E-state index in [4.69, 9.17) is 16.2 Å². The van der Waals surface area contributed by atoms with Gasteiger partial charge in [-0.15, -0.1) is 0 Å². The van der Waals surface area contributed by atoms with E-state index in [1.165, 1.54) is 0 Å². The van der Waals surface area contributed by atoms with E-state index in [1.54, 1.807) is 0 Å². The van der Waals surface area contributed by atoms with Crippen molar-refractivity contribution in [2.24, 2.45) is 5.73 Å². The first-order valence-electron chi connectivity index (χ1n) is 2.52. The maximum Gasteiger partial charge on any atom is 0.327 e. The highest BCUT2D eigenvalue weighted by Gasteiger charge is 2.14. The summed E-state index contributed by atoms with van der Waals surface area (Å²) in [5.41, 5.74) is 4.88. The molecule has 0 unspecified atom stereocenters. The second-order valence-corrected chi connectivity index (χ2v) is 2.00. The Bertz CT molecular complexity index is 149. The average molecular weight is 163 g/mol. The summed E-state index contributed by atoms with van der Waals surface area (Å²) in [6.07, 6.45) is 0. The van der Waals surface area contributed by atoms with E-state index in [2.05, 4.69) is 17.9 Å². The molecule has 1 atom stereocenters. The SMILES string of the molecule is N=C(N)N[C@@H](CS)C(=O)O. The van der Waals surface area contributed by atoms with E-state index in [0.717, 1.165) is 0 Å². The number of carboxylic acids is 1. The van der Waals surface area contributed by atoms with E-state index in [1.807, 2.05) is 0 Å². The molecular weight excluding hydrogens is 154 g/mol. The topological polar surface area (TPSA) is 99.2 Å². The van der Waals surface area contributed by atoms with Gasteiger partial charge in [-0.2, -0.15) is 12.6 Å². The van der Waals surface area contributed by atoms with Crippen molar-refractivity contribution in [3.63, 3.8) is 0 Å². The van der Waals surface area contributed by atoms with E-state index in [9.17, 15) is 4.79 Å². The van der Waals surface area contributed by atoms with Crippen molar-refractivity contribution in [2.75, 3.05) is 5.75 Å². The molecule has 0 fully saturated rings. The van der Waals surface area contributed by atoms with Crippen LogP contribution in [0.5, 0.6) is 0 Å². The number of carbonyl (C=O) groups is 1. The minimum absolute atomic E-state index is 0.106. The number of nitrogens with two attached hydrogens (primary N) is 1. The van der Waals surface area contributed by atoms with Gasteiger partial charge in [0.15, 0.2) is 5.96 Å². The minimum atomic E-state index is -1.06. The molecule has 0 amide bonds. The highest BCUT2D eigenvalue weighted by Crippen LogP contribution is 1.85. The highest BCUT2D eigenvalue weighted by atomic mass is 32.1. The van der Waals surface area contributed by atoms with Crippen molar-refractivity contribution in [3.8, 4) is 0 Å². The zero-order chi connectivity index (χ0) is 8.15. The minimum Gasteiger partial charge on any atom is -0.480 e. The average Bonchev–Trinajstić information content (AvgIpc) is 1.81. The Balaban J connectivity index is 3.83. The second kappa shape index (κ2) is 3.99. The number of aliphatic carboxylic acids is 1. The van der Waals surface area contributed by atoms with Gasteiger partial charge in [0.25, 0.3) is 0 Å². The predicted molar refractivity (Wildman–Crippen MR) is 40.3 cm³/mol. The molecule has 5 N–H and O–H groups in total. The Labute approximate surface area is 63.5 Å². The lowest BCUT2D eigenvalue weighted by atomic mass is 10.3. The van der Waals surface area contributed by atoms with Gasteiger partial charge in [-0.25, -0.2) is 4.79 Å². The van der Waals surface area contributed by atoms with Crippen molar-refractivity contribution in [2.45, 2.75) is 6.04 Å². The third kappa shape index (κ3) is 3.18. The van der Waals surface area contributed by atoms with Crippen molar-refractivity contribution in [1.29, 1.82) is 5.41 Å². The molecule has 0 heterocycles. The lowest BCUT2D eigenvalue weighted by Crippen LogP contribution is -2.45. The van der Waals surface area contributed by atoms with Crippen LogP contribution < -0.4 is 11.1 Å². The van der Waals surface area contributed by atoms with Gasteiger partial charge in [0.2, 0.25) is 0 Å². The number of hydrogen-bond acceptors (Lipinski definition) is 3. The summed E-state index contributed by atoms with van der Waals surface area (Å²) in [6, 6.07) is -0.874. The van der Waals surface area contributed by atoms with Crippen LogP contribution >= 0.6 is 12.6 Å². The van der Waals surface area contributed by atoms with Crippen LogP contribution in [-0.4, -0.2) is 28.8 Å². The summed E-state index contributed by atoms with van der Waals surface area (Å²) in [5.74, 6) is -1.32. The fourth-order valence-electron chi connectivity index (χ4n) is 0.373. The monoisotopic (exact) mass is 163 g/mol. The van der Waals surface area contributed by atoms with Crippen molar-refractivity contribution in [3.05, 3.63) is 0 Å².